The monoisotopic (exact) mass is 288 g/mol. The number of nitrogens with zero attached hydrogens (tertiary/aromatic N) is 2. The molecular formula is C16H20N2O3. The van der Waals surface area contributed by atoms with Crippen molar-refractivity contribution in [1.82, 2.24) is 4.90 Å². The molecule has 1 saturated heterocycles. The van der Waals surface area contributed by atoms with Gasteiger partial charge in [0.25, 0.3) is 5.91 Å². The zero-order valence-electron chi connectivity index (χ0n) is 12.2. The van der Waals surface area contributed by atoms with E-state index in [9.17, 15) is 4.79 Å². The Balaban J connectivity index is 1.86. The summed E-state index contributed by atoms with van der Waals surface area (Å²) in [5.74, 6) is 1.27. The van der Waals surface area contributed by atoms with E-state index in [4.69, 9.17) is 14.7 Å². The van der Waals surface area contributed by atoms with Crippen LogP contribution in [0.25, 0.3) is 0 Å². The van der Waals surface area contributed by atoms with Crippen molar-refractivity contribution in [2.45, 2.75) is 19.8 Å². The van der Waals surface area contributed by atoms with Crippen molar-refractivity contribution in [3.8, 4) is 17.6 Å². The summed E-state index contributed by atoms with van der Waals surface area (Å²) in [5, 5.41) is 8.86. The molecule has 0 aliphatic carbocycles. The molecule has 5 nitrogen and oxygen atoms in total. The molecule has 1 aromatic rings. The quantitative estimate of drug-likeness (QED) is 0.833. The lowest BCUT2D eigenvalue weighted by Crippen LogP contribution is -2.40. The number of piperidine rings is 1. The van der Waals surface area contributed by atoms with Crippen LogP contribution in [0.3, 0.4) is 0 Å². The number of benzene rings is 1. The summed E-state index contributed by atoms with van der Waals surface area (Å²) in [5.41, 5.74) is 0. The zero-order valence-corrected chi connectivity index (χ0v) is 12.2. The topological polar surface area (TPSA) is 62.6 Å². The average molecular weight is 288 g/mol. The molecule has 1 aliphatic heterocycles. The Morgan fingerprint density at radius 2 is 1.90 bits per heavy atom. The Hall–Kier alpha value is -2.22. The maximum Gasteiger partial charge on any atom is 0.260 e. The largest absolute Gasteiger partial charge is 0.490 e. The predicted octanol–water partition coefficient (Wildman–Crippen LogP) is 2.23. The number of nitriles is 1. The van der Waals surface area contributed by atoms with Gasteiger partial charge in [-0.2, -0.15) is 5.26 Å². The second-order valence-corrected chi connectivity index (χ2v) is 4.95. The molecular weight excluding hydrogens is 268 g/mol. The minimum absolute atomic E-state index is 0.00130. The number of hydrogen-bond acceptors (Lipinski definition) is 4. The van der Waals surface area contributed by atoms with E-state index in [0.717, 1.165) is 12.8 Å². The molecule has 112 valence electrons. The Morgan fingerprint density at radius 3 is 2.48 bits per heavy atom. The van der Waals surface area contributed by atoms with Gasteiger partial charge in [-0.25, -0.2) is 0 Å². The fraction of sp³-hybridized carbons (Fsp3) is 0.500. The summed E-state index contributed by atoms with van der Waals surface area (Å²) in [6.07, 6.45) is 1.50. The van der Waals surface area contributed by atoms with E-state index in [1.54, 1.807) is 11.0 Å². The van der Waals surface area contributed by atoms with Crippen molar-refractivity contribution in [1.29, 1.82) is 5.26 Å². The summed E-state index contributed by atoms with van der Waals surface area (Å²) >= 11 is 0. The molecule has 5 heteroatoms. The molecule has 1 aromatic carbocycles. The van der Waals surface area contributed by atoms with Crippen LogP contribution in [0.15, 0.2) is 24.3 Å². The van der Waals surface area contributed by atoms with E-state index in [2.05, 4.69) is 6.07 Å². The third kappa shape index (κ3) is 4.12. The van der Waals surface area contributed by atoms with Crippen molar-refractivity contribution >= 4 is 5.91 Å². The van der Waals surface area contributed by atoms with E-state index in [1.165, 1.54) is 0 Å². The molecule has 0 bridgehead atoms. The summed E-state index contributed by atoms with van der Waals surface area (Å²) in [7, 11) is 0. The maximum absolute atomic E-state index is 12.1. The number of amides is 1. The number of likely N-dealkylation sites (tertiary alicyclic amines) is 1. The summed E-state index contributed by atoms with van der Waals surface area (Å²) in [6, 6.07) is 9.59. The first-order chi connectivity index (χ1) is 10.2. The molecule has 0 unspecified atom stereocenters. The number of carbonyl (C=O) groups is 1. The Kier molecular flexibility index (Phi) is 5.44. The molecule has 1 heterocycles. The minimum atomic E-state index is -0.0438. The van der Waals surface area contributed by atoms with E-state index in [0.29, 0.717) is 31.2 Å². The SMILES string of the molecule is CCOc1ccccc1OCC(=O)N1CCC(C#N)CC1. The van der Waals surface area contributed by atoms with Crippen molar-refractivity contribution in [2.24, 2.45) is 5.92 Å². The normalized spacial score (nSPS) is 15.3. The van der Waals surface area contributed by atoms with Gasteiger partial charge in [0.05, 0.1) is 12.7 Å². The Labute approximate surface area is 125 Å². The lowest BCUT2D eigenvalue weighted by atomic mass is 9.99. The van der Waals surface area contributed by atoms with E-state index < -0.39 is 0 Å². The van der Waals surface area contributed by atoms with Gasteiger partial charge < -0.3 is 14.4 Å². The first-order valence-corrected chi connectivity index (χ1v) is 7.26. The van der Waals surface area contributed by atoms with Gasteiger partial charge in [-0.1, -0.05) is 12.1 Å². The van der Waals surface area contributed by atoms with Gasteiger partial charge in [0.2, 0.25) is 0 Å². The van der Waals surface area contributed by atoms with E-state index in [-0.39, 0.29) is 18.4 Å². The molecule has 0 spiro atoms. The van der Waals surface area contributed by atoms with Crippen LogP contribution < -0.4 is 9.47 Å². The first kappa shape index (κ1) is 15.2. The molecule has 1 amide bonds. The van der Waals surface area contributed by atoms with Crippen molar-refractivity contribution < 1.29 is 14.3 Å². The van der Waals surface area contributed by atoms with Crippen LogP contribution in [0.2, 0.25) is 0 Å². The van der Waals surface area contributed by atoms with Gasteiger partial charge in [-0.15, -0.1) is 0 Å². The fourth-order valence-corrected chi connectivity index (χ4v) is 2.33. The van der Waals surface area contributed by atoms with Gasteiger partial charge in [-0.05, 0) is 31.9 Å². The second-order valence-electron chi connectivity index (χ2n) is 4.95. The number of rotatable bonds is 5. The van der Waals surface area contributed by atoms with Crippen LogP contribution in [0.4, 0.5) is 0 Å². The molecule has 1 fully saturated rings. The molecule has 1 aliphatic rings. The van der Waals surface area contributed by atoms with Crippen molar-refractivity contribution in [3.05, 3.63) is 24.3 Å². The lowest BCUT2D eigenvalue weighted by Gasteiger charge is -2.29. The lowest BCUT2D eigenvalue weighted by molar-refractivity contribution is -0.134. The highest BCUT2D eigenvalue weighted by Crippen LogP contribution is 2.26. The maximum atomic E-state index is 12.1. The first-order valence-electron chi connectivity index (χ1n) is 7.26. The molecule has 0 saturated carbocycles. The third-order valence-electron chi connectivity index (χ3n) is 3.53. The van der Waals surface area contributed by atoms with Crippen molar-refractivity contribution in [2.75, 3.05) is 26.3 Å². The van der Waals surface area contributed by atoms with Crippen molar-refractivity contribution in [3.63, 3.8) is 0 Å². The van der Waals surface area contributed by atoms with Crippen LogP contribution in [0, 0.1) is 17.2 Å². The highest BCUT2D eigenvalue weighted by atomic mass is 16.5. The third-order valence-corrected chi connectivity index (χ3v) is 3.53. The second kappa shape index (κ2) is 7.53. The molecule has 0 aromatic heterocycles. The minimum Gasteiger partial charge on any atom is -0.490 e. The molecule has 0 N–H and O–H groups in total. The zero-order chi connectivity index (χ0) is 15.1. The Morgan fingerprint density at radius 1 is 1.29 bits per heavy atom. The fourth-order valence-electron chi connectivity index (χ4n) is 2.33. The molecule has 0 radical (unpaired) electrons. The predicted molar refractivity (Wildman–Crippen MR) is 78.0 cm³/mol. The molecule has 0 atom stereocenters. The number of carbonyl (C=O) groups excluding carboxylic acids is 1. The number of ether oxygens (including phenoxy) is 2. The van der Waals surface area contributed by atoms with E-state index in [1.807, 2.05) is 25.1 Å². The molecule has 2 rings (SSSR count). The van der Waals surface area contributed by atoms with Gasteiger partial charge in [0.1, 0.15) is 0 Å². The van der Waals surface area contributed by atoms with Crippen LogP contribution in [-0.4, -0.2) is 37.1 Å². The van der Waals surface area contributed by atoms with Gasteiger partial charge >= 0.3 is 0 Å². The van der Waals surface area contributed by atoms with Gasteiger partial charge in [0.15, 0.2) is 18.1 Å². The average Bonchev–Trinajstić information content (AvgIpc) is 2.54. The standard InChI is InChI=1S/C16H20N2O3/c1-2-20-14-5-3-4-6-15(14)21-12-16(19)18-9-7-13(11-17)8-10-18/h3-6,13H,2,7-10,12H2,1H3. The summed E-state index contributed by atoms with van der Waals surface area (Å²) in [4.78, 5) is 13.9. The van der Waals surface area contributed by atoms with Crippen LogP contribution in [0.5, 0.6) is 11.5 Å². The summed E-state index contributed by atoms with van der Waals surface area (Å²) in [6.45, 7) is 3.72. The number of para-hydroxylation sites is 2. The van der Waals surface area contributed by atoms with Gasteiger partial charge in [0, 0.05) is 19.0 Å². The van der Waals surface area contributed by atoms with Gasteiger partial charge in [-0.3, -0.25) is 4.79 Å². The van der Waals surface area contributed by atoms with Crippen LogP contribution in [-0.2, 0) is 4.79 Å². The van der Waals surface area contributed by atoms with Crippen LogP contribution in [0.1, 0.15) is 19.8 Å². The molecule has 21 heavy (non-hydrogen) atoms. The highest BCUT2D eigenvalue weighted by molar-refractivity contribution is 5.78. The highest BCUT2D eigenvalue weighted by Gasteiger charge is 2.22. The number of hydrogen-bond donors (Lipinski definition) is 0. The van der Waals surface area contributed by atoms with Crippen LogP contribution >= 0.6 is 0 Å². The smallest absolute Gasteiger partial charge is 0.260 e. The Bertz CT molecular complexity index is 516. The van der Waals surface area contributed by atoms with E-state index >= 15 is 0 Å². The summed E-state index contributed by atoms with van der Waals surface area (Å²) < 4.78 is 11.0.